The Morgan fingerprint density at radius 3 is 2.03 bits per heavy atom. The lowest BCUT2D eigenvalue weighted by atomic mass is 9.82. The van der Waals surface area contributed by atoms with E-state index in [0.717, 1.165) is 78.1 Å². The van der Waals surface area contributed by atoms with Gasteiger partial charge in [-0.2, -0.15) is 0 Å². The molecule has 5 heteroatoms. The van der Waals surface area contributed by atoms with Crippen LogP contribution in [0.2, 0.25) is 0 Å². The second kappa shape index (κ2) is 16.2. The van der Waals surface area contributed by atoms with Crippen LogP contribution in [0.5, 0.6) is 0 Å². The molecule has 76 heavy (non-hydrogen) atoms. The van der Waals surface area contributed by atoms with Gasteiger partial charge in [-0.3, -0.25) is 4.57 Å². The van der Waals surface area contributed by atoms with Crippen LogP contribution in [0.15, 0.2) is 247 Å². The first-order valence-corrected chi connectivity index (χ1v) is 26.4. The zero-order valence-corrected chi connectivity index (χ0v) is 42.0. The molecule has 0 fully saturated rings. The maximum Gasteiger partial charge on any atom is 0.235 e. The smallest absolute Gasteiger partial charge is 0.235 e. The van der Waals surface area contributed by atoms with Gasteiger partial charge in [0.25, 0.3) is 0 Å². The van der Waals surface area contributed by atoms with Crippen molar-refractivity contribution in [2.24, 2.45) is 0 Å². The Labute approximate surface area is 440 Å². The van der Waals surface area contributed by atoms with Crippen molar-refractivity contribution < 1.29 is 4.42 Å². The van der Waals surface area contributed by atoms with Gasteiger partial charge in [-0.1, -0.05) is 178 Å². The molecule has 3 aromatic heterocycles. The van der Waals surface area contributed by atoms with Crippen LogP contribution in [0.1, 0.15) is 48.4 Å². The molecule has 16 rings (SSSR count). The Bertz CT molecular complexity index is 4630. The summed E-state index contributed by atoms with van der Waals surface area (Å²) in [5, 5.41) is 5.62. The Morgan fingerprint density at radius 2 is 1.16 bits per heavy atom. The van der Waals surface area contributed by atoms with Gasteiger partial charge in [-0.15, -0.1) is 0 Å². The highest BCUT2D eigenvalue weighted by molar-refractivity contribution is 6.14. The van der Waals surface area contributed by atoms with Crippen molar-refractivity contribution in [3.8, 4) is 50.6 Å². The largest absolute Gasteiger partial charge is 0.456 e. The first kappa shape index (κ1) is 42.9. The summed E-state index contributed by atoms with van der Waals surface area (Å²) in [6.45, 7) is 4.72. The number of nitrogens with zero attached hydrogens (tertiary/aromatic N) is 4. The third-order valence-corrected chi connectivity index (χ3v) is 16.8. The summed E-state index contributed by atoms with van der Waals surface area (Å²) >= 11 is 0. The third-order valence-electron chi connectivity index (χ3n) is 16.8. The van der Waals surface area contributed by atoms with Gasteiger partial charge in [0, 0.05) is 60.9 Å². The van der Waals surface area contributed by atoms with Crippen LogP contribution in [-0.2, 0) is 5.41 Å². The normalized spacial score (nSPS) is 15.3. The van der Waals surface area contributed by atoms with Crippen molar-refractivity contribution >= 4 is 71.6 Å². The van der Waals surface area contributed by atoms with Crippen LogP contribution in [0.4, 0.5) is 11.4 Å². The van der Waals surface area contributed by atoms with Crippen molar-refractivity contribution in [3.63, 3.8) is 0 Å². The molecule has 13 aromatic rings. The SMILES string of the molecule is CC1(C)c2ccccc2-c2cc3c(cc21)c1cc(-c2ccc4oc5cccc(C6=CC=C7C(C6)c6ccccc6N7c6ccccc6)c5c4c2)ccc1n3-c1nc(-c2ccc(-c3ccccc3)cc2)c2ccccc2n1. The van der Waals surface area contributed by atoms with Crippen molar-refractivity contribution in [2.75, 3.05) is 4.90 Å². The Balaban J connectivity index is 0.860. The van der Waals surface area contributed by atoms with Crippen LogP contribution in [-0.4, -0.2) is 14.5 Å². The van der Waals surface area contributed by atoms with E-state index in [-0.39, 0.29) is 11.3 Å². The van der Waals surface area contributed by atoms with Crippen molar-refractivity contribution in [1.82, 2.24) is 14.5 Å². The molecule has 5 nitrogen and oxygen atoms in total. The number of fused-ring (bicyclic) bond motifs is 13. The molecule has 1 unspecified atom stereocenters. The van der Waals surface area contributed by atoms with Gasteiger partial charge >= 0.3 is 0 Å². The number of rotatable bonds is 6. The summed E-state index contributed by atoms with van der Waals surface area (Å²) in [5.74, 6) is 0.888. The fraction of sp³-hybridized carbons (Fsp3) is 0.0704. The first-order valence-electron chi connectivity index (χ1n) is 26.4. The quantitative estimate of drug-likeness (QED) is 0.167. The van der Waals surface area contributed by atoms with E-state index in [1.807, 2.05) is 0 Å². The molecule has 4 heterocycles. The van der Waals surface area contributed by atoms with E-state index in [2.05, 4.69) is 260 Å². The fourth-order valence-corrected chi connectivity index (χ4v) is 13.1. The van der Waals surface area contributed by atoms with E-state index < -0.39 is 0 Å². The zero-order chi connectivity index (χ0) is 50.2. The number of hydrogen-bond acceptors (Lipinski definition) is 4. The molecular weight excluding hydrogens is 925 g/mol. The molecule has 0 saturated carbocycles. The van der Waals surface area contributed by atoms with Gasteiger partial charge < -0.3 is 9.32 Å². The maximum atomic E-state index is 6.69. The summed E-state index contributed by atoms with van der Waals surface area (Å²) in [5.41, 5.74) is 24.1. The monoisotopic (exact) mass is 972 g/mol. The summed E-state index contributed by atoms with van der Waals surface area (Å²) in [4.78, 5) is 13.4. The highest BCUT2D eigenvalue weighted by Gasteiger charge is 2.38. The first-order chi connectivity index (χ1) is 37.4. The summed E-state index contributed by atoms with van der Waals surface area (Å²) in [6.07, 6.45) is 5.58. The zero-order valence-electron chi connectivity index (χ0n) is 42.0. The standard InChI is InChI=1S/C71H48N4O/c1-71(2)59-24-12-9-20-51(59)54-42-65-57(41-60(54)71)56-38-46(32-35-64(56)75(65)70-72-61-25-13-10-22-53(61)69(73-70)45-30-28-44(29-31-45)43-16-5-3-6-17-43)47-34-37-66-58(39-47)68-50(23-15-27-67(68)76-66)48-33-36-63-55(40-48)52-21-11-14-26-62(52)74(63)49-18-7-4-8-19-49/h3-39,41-42,55H,40H2,1-2H3. The van der Waals surface area contributed by atoms with Crippen LogP contribution in [0.25, 0.3) is 111 Å². The average molecular weight is 973 g/mol. The predicted octanol–water partition coefficient (Wildman–Crippen LogP) is 18.5. The second-order valence-corrected chi connectivity index (χ2v) is 21.2. The average Bonchev–Trinajstić information content (AvgIpc) is 4.19. The van der Waals surface area contributed by atoms with Gasteiger partial charge in [0.05, 0.1) is 22.2 Å². The molecule has 0 amide bonds. The van der Waals surface area contributed by atoms with Crippen LogP contribution in [0.3, 0.4) is 0 Å². The molecule has 2 aliphatic carbocycles. The number of aromatic nitrogens is 3. The second-order valence-electron chi connectivity index (χ2n) is 21.2. The lowest BCUT2D eigenvalue weighted by Gasteiger charge is -2.26. The van der Waals surface area contributed by atoms with Crippen LogP contribution >= 0.6 is 0 Å². The molecule has 3 aliphatic rings. The van der Waals surface area contributed by atoms with E-state index in [0.29, 0.717) is 5.95 Å². The van der Waals surface area contributed by atoms with Crippen LogP contribution < -0.4 is 4.90 Å². The number of furan rings is 1. The minimum atomic E-state index is -0.177. The number of benzene rings is 10. The summed E-state index contributed by atoms with van der Waals surface area (Å²) in [7, 11) is 0. The predicted molar refractivity (Wildman–Crippen MR) is 313 cm³/mol. The minimum absolute atomic E-state index is 0.177. The number of allylic oxidation sites excluding steroid dienone is 4. The molecule has 0 saturated heterocycles. The number of anilines is 2. The van der Waals surface area contributed by atoms with E-state index in [9.17, 15) is 0 Å². The van der Waals surface area contributed by atoms with E-state index in [1.165, 1.54) is 72.5 Å². The van der Waals surface area contributed by atoms with E-state index >= 15 is 0 Å². The maximum absolute atomic E-state index is 6.69. The van der Waals surface area contributed by atoms with Crippen molar-refractivity contribution in [2.45, 2.75) is 31.6 Å². The molecule has 0 bridgehead atoms. The fourth-order valence-electron chi connectivity index (χ4n) is 13.1. The summed E-state index contributed by atoms with van der Waals surface area (Å²) < 4.78 is 8.99. The molecular formula is C71H48N4O. The molecule has 0 N–H and O–H groups in total. The van der Waals surface area contributed by atoms with Gasteiger partial charge in [0.2, 0.25) is 5.95 Å². The molecule has 1 atom stereocenters. The Morgan fingerprint density at radius 1 is 0.474 bits per heavy atom. The van der Waals surface area contributed by atoms with Crippen molar-refractivity contribution in [3.05, 3.63) is 265 Å². The Kier molecular flexibility index (Phi) is 9.15. The lowest BCUT2D eigenvalue weighted by Crippen LogP contribution is -2.15. The lowest BCUT2D eigenvalue weighted by molar-refractivity contribution is 0.661. The highest BCUT2D eigenvalue weighted by atomic mass is 16.3. The van der Waals surface area contributed by atoms with Gasteiger partial charge in [-0.05, 0) is 140 Å². The molecule has 10 aromatic carbocycles. The third kappa shape index (κ3) is 6.32. The number of hydrogen-bond donors (Lipinski definition) is 0. The van der Waals surface area contributed by atoms with E-state index in [4.69, 9.17) is 14.4 Å². The molecule has 1 aliphatic heterocycles. The molecule has 0 spiro atoms. The van der Waals surface area contributed by atoms with Crippen LogP contribution in [0, 0.1) is 0 Å². The van der Waals surface area contributed by atoms with Gasteiger partial charge in [-0.25, -0.2) is 9.97 Å². The number of para-hydroxylation sites is 3. The summed E-state index contributed by atoms with van der Waals surface area (Å²) in [6, 6.07) is 81.3. The highest BCUT2D eigenvalue weighted by Crippen LogP contribution is 2.54. The minimum Gasteiger partial charge on any atom is -0.456 e. The van der Waals surface area contributed by atoms with Gasteiger partial charge in [0.15, 0.2) is 0 Å². The molecule has 358 valence electrons. The van der Waals surface area contributed by atoms with E-state index in [1.54, 1.807) is 0 Å². The van der Waals surface area contributed by atoms with Crippen molar-refractivity contribution in [1.29, 1.82) is 0 Å². The molecule has 0 radical (unpaired) electrons. The van der Waals surface area contributed by atoms with Gasteiger partial charge in [0.1, 0.15) is 11.2 Å². The Hall–Kier alpha value is -9.58. The topological polar surface area (TPSA) is 47.1 Å².